The van der Waals surface area contributed by atoms with Gasteiger partial charge in [0.05, 0.1) is 12.2 Å². The molecule has 0 aliphatic rings. The molecule has 0 rings (SSSR count). The van der Waals surface area contributed by atoms with Gasteiger partial charge in [0.25, 0.3) is 0 Å². The van der Waals surface area contributed by atoms with E-state index in [1.54, 1.807) is 0 Å². The van der Waals surface area contributed by atoms with Crippen LogP contribution in [0.4, 0.5) is 0 Å². The summed E-state index contributed by atoms with van der Waals surface area (Å²) in [5.41, 5.74) is -6.99. The van der Waals surface area contributed by atoms with Crippen LogP contribution >= 0.6 is 0 Å². The lowest BCUT2D eigenvalue weighted by Crippen LogP contribution is -2.62. The first-order valence-corrected chi connectivity index (χ1v) is 7.51. The molecule has 0 aliphatic heterocycles. The molecule has 0 spiro atoms. The molecule has 4 unspecified atom stereocenters. The zero-order valence-electron chi connectivity index (χ0n) is 15.2. The van der Waals surface area contributed by atoms with Crippen LogP contribution in [-0.2, 0) is 14.3 Å². The number of hydrogen-bond acceptors (Lipinski definition) is 7. The predicted octanol–water partition coefficient (Wildman–Crippen LogP) is 0.372. The van der Waals surface area contributed by atoms with Crippen LogP contribution in [0.3, 0.4) is 0 Å². The molecule has 23 heavy (non-hydrogen) atoms. The normalized spacial score (nSPS) is 20.9. The molecule has 0 saturated carbocycles. The molecule has 0 bridgehead atoms. The van der Waals surface area contributed by atoms with E-state index in [1.165, 1.54) is 55.4 Å². The van der Waals surface area contributed by atoms with Crippen LogP contribution in [0.25, 0.3) is 0 Å². The molecule has 0 aromatic rings. The van der Waals surface area contributed by atoms with Gasteiger partial charge in [-0.2, -0.15) is 0 Å². The van der Waals surface area contributed by atoms with E-state index in [1.807, 2.05) is 0 Å². The Hall–Kier alpha value is -1.02. The van der Waals surface area contributed by atoms with E-state index in [4.69, 9.17) is 0 Å². The minimum atomic E-state index is -2.36. The van der Waals surface area contributed by atoms with Gasteiger partial charge in [-0.25, -0.2) is 9.59 Å². The van der Waals surface area contributed by atoms with Crippen molar-refractivity contribution in [3.8, 4) is 0 Å². The Bertz CT molecular complexity index is 414. The second-order valence-corrected chi connectivity index (χ2v) is 8.06. The van der Waals surface area contributed by atoms with Crippen molar-refractivity contribution in [1.82, 2.24) is 0 Å². The Balaban J connectivity index is 5.73. The van der Waals surface area contributed by atoms with Gasteiger partial charge in [-0.3, -0.25) is 0 Å². The Labute approximate surface area is 137 Å². The summed E-state index contributed by atoms with van der Waals surface area (Å²) in [4.78, 5) is 24.6. The molecule has 7 heteroatoms. The lowest BCUT2D eigenvalue weighted by molar-refractivity contribution is -0.215. The highest BCUT2D eigenvalue weighted by Crippen LogP contribution is 2.38. The Morgan fingerprint density at radius 3 is 1.09 bits per heavy atom. The average molecular weight is 334 g/mol. The fraction of sp³-hybridized carbons (Fsp3) is 0.875. The highest BCUT2D eigenvalue weighted by molar-refractivity contribution is 5.95. The number of carbonyl (C=O) groups excluding carboxylic acids is 2. The highest BCUT2D eigenvalue weighted by atomic mass is 16.6. The molecule has 0 heterocycles. The zero-order valence-corrected chi connectivity index (χ0v) is 15.2. The third kappa shape index (κ3) is 3.74. The smallest absolute Gasteiger partial charge is 0.349 e. The van der Waals surface area contributed by atoms with Gasteiger partial charge in [-0.15, -0.1) is 0 Å². The first kappa shape index (κ1) is 22.0. The van der Waals surface area contributed by atoms with E-state index in [0.29, 0.717) is 0 Å². The highest BCUT2D eigenvalue weighted by Gasteiger charge is 2.57. The van der Waals surface area contributed by atoms with Gasteiger partial charge in [-0.05, 0) is 13.8 Å². The summed E-state index contributed by atoms with van der Waals surface area (Å²) in [7, 11) is 0. The van der Waals surface area contributed by atoms with Gasteiger partial charge in [0.15, 0.2) is 11.2 Å². The Morgan fingerprint density at radius 1 is 0.739 bits per heavy atom. The molecule has 0 aromatic carbocycles. The number of ether oxygens (including phenoxy) is 1. The van der Waals surface area contributed by atoms with Crippen molar-refractivity contribution in [2.45, 2.75) is 78.8 Å². The molecular formula is C16H30O7. The van der Waals surface area contributed by atoms with Crippen molar-refractivity contribution >= 4 is 11.9 Å². The summed E-state index contributed by atoms with van der Waals surface area (Å²) in [6, 6.07) is 0. The summed E-state index contributed by atoms with van der Waals surface area (Å²) in [5, 5.41) is 40.6. The van der Waals surface area contributed by atoms with E-state index in [0.717, 1.165) is 0 Å². The number of esters is 2. The van der Waals surface area contributed by atoms with Crippen LogP contribution < -0.4 is 0 Å². The molecule has 0 aromatic heterocycles. The Morgan fingerprint density at radius 2 is 0.957 bits per heavy atom. The van der Waals surface area contributed by atoms with Gasteiger partial charge in [0, 0.05) is 10.8 Å². The maximum absolute atomic E-state index is 12.3. The number of aliphatic hydroxyl groups is 4. The fourth-order valence-electron chi connectivity index (χ4n) is 2.45. The number of hydrogen-bond donors (Lipinski definition) is 4. The summed E-state index contributed by atoms with van der Waals surface area (Å²) >= 11 is 0. The zero-order chi connectivity index (χ0) is 19.0. The number of aliphatic hydroxyl groups excluding tert-OH is 2. The molecule has 4 N–H and O–H groups in total. The maximum Gasteiger partial charge on any atom is 0.349 e. The lowest BCUT2D eigenvalue weighted by atomic mass is 9.72. The number of rotatable bonds is 4. The fourth-order valence-corrected chi connectivity index (χ4v) is 2.45. The molecule has 4 atom stereocenters. The van der Waals surface area contributed by atoms with Crippen molar-refractivity contribution < 1.29 is 34.8 Å². The van der Waals surface area contributed by atoms with Crippen LogP contribution in [0, 0.1) is 10.8 Å². The minimum Gasteiger partial charge on any atom is -0.390 e. The first-order valence-electron chi connectivity index (χ1n) is 7.51. The molecule has 0 aliphatic carbocycles. The molecule has 0 saturated heterocycles. The summed E-state index contributed by atoms with van der Waals surface area (Å²) in [5.74, 6) is -2.76. The standard InChI is InChI=1S/C16H30O7/c1-9(17)15(21,13(3,4)5)11(19)23-12(20)16(22,10(2)18)14(6,7)8/h9-10,17-18,21-22H,1-8H3. The van der Waals surface area contributed by atoms with Gasteiger partial charge in [0.1, 0.15) is 0 Å². The van der Waals surface area contributed by atoms with E-state index >= 15 is 0 Å². The first-order chi connectivity index (χ1) is 9.94. The summed E-state index contributed by atoms with van der Waals surface area (Å²) in [6.07, 6.45) is -3.03. The van der Waals surface area contributed by atoms with Crippen LogP contribution in [-0.4, -0.2) is 55.8 Å². The van der Waals surface area contributed by atoms with Crippen molar-refractivity contribution in [3.63, 3.8) is 0 Å². The van der Waals surface area contributed by atoms with E-state index < -0.39 is 46.2 Å². The Kier molecular flexibility index (Phi) is 6.18. The molecule has 136 valence electrons. The summed E-state index contributed by atoms with van der Waals surface area (Å²) in [6.45, 7) is 11.4. The third-order valence-electron chi connectivity index (χ3n) is 4.30. The monoisotopic (exact) mass is 334 g/mol. The predicted molar refractivity (Wildman–Crippen MR) is 83.3 cm³/mol. The minimum absolute atomic E-state index is 1.14. The third-order valence-corrected chi connectivity index (χ3v) is 4.30. The van der Waals surface area contributed by atoms with Crippen molar-refractivity contribution in [3.05, 3.63) is 0 Å². The average Bonchev–Trinajstić information content (AvgIpc) is 2.32. The SMILES string of the molecule is CC(O)C(O)(C(=O)OC(=O)C(O)(C(C)O)C(C)(C)C)C(C)(C)C. The van der Waals surface area contributed by atoms with Gasteiger partial charge in [0.2, 0.25) is 0 Å². The molecule has 0 fully saturated rings. The number of carbonyl (C=O) groups is 2. The molecule has 7 nitrogen and oxygen atoms in total. The molecule has 0 amide bonds. The lowest BCUT2D eigenvalue weighted by Gasteiger charge is -2.42. The summed E-state index contributed by atoms with van der Waals surface area (Å²) < 4.78 is 4.66. The molecular weight excluding hydrogens is 304 g/mol. The van der Waals surface area contributed by atoms with Crippen molar-refractivity contribution in [1.29, 1.82) is 0 Å². The van der Waals surface area contributed by atoms with E-state index in [-0.39, 0.29) is 0 Å². The largest absolute Gasteiger partial charge is 0.390 e. The maximum atomic E-state index is 12.3. The second kappa shape index (κ2) is 6.47. The second-order valence-electron chi connectivity index (χ2n) is 8.06. The van der Waals surface area contributed by atoms with E-state index in [9.17, 15) is 30.0 Å². The topological polar surface area (TPSA) is 124 Å². The quantitative estimate of drug-likeness (QED) is 0.432. The van der Waals surface area contributed by atoms with Gasteiger partial charge >= 0.3 is 11.9 Å². The van der Waals surface area contributed by atoms with Crippen molar-refractivity contribution in [2.24, 2.45) is 10.8 Å². The van der Waals surface area contributed by atoms with Crippen LogP contribution in [0.5, 0.6) is 0 Å². The van der Waals surface area contributed by atoms with Crippen LogP contribution in [0.15, 0.2) is 0 Å². The van der Waals surface area contributed by atoms with Crippen LogP contribution in [0.1, 0.15) is 55.4 Å². The van der Waals surface area contributed by atoms with Gasteiger partial charge in [-0.1, -0.05) is 41.5 Å². The van der Waals surface area contributed by atoms with Crippen molar-refractivity contribution in [2.75, 3.05) is 0 Å². The van der Waals surface area contributed by atoms with Crippen LogP contribution in [0.2, 0.25) is 0 Å². The van der Waals surface area contributed by atoms with E-state index in [2.05, 4.69) is 4.74 Å². The van der Waals surface area contributed by atoms with Gasteiger partial charge < -0.3 is 25.2 Å². The molecule has 0 radical (unpaired) electrons.